The lowest BCUT2D eigenvalue weighted by atomic mass is 9.98. The van der Waals surface area contributed by atoms with E-state index in [0.29, 0.717) is 12.2 Å². The van der Waals surface area contributed by atoms with E-state index < -0.39 is 17.8 Å². The molecule has 2 N–H and O–H groups in total. The number of ether oxygens (including phenoxy) is 1. The lowest BCUT2D eigenvalue weighted by Crippen LogP contribution is -2.34. The second-order valence-corrected chi connectivity index (χ2v) is 5.55. The van der Waals surface area contributed by atoms with Gasteiger partial charge in [0.1, 0.15) is 6.61 Å². The third kappa shape index (κ3) is 4.92. The number of benzene rings is 1. The summed E-state index contributed by atoms with van der Waals surface area (Å²) in [6.45, 7) is 2.17. The molecule has 0 fully saturated rings. The smallest absolute Gasteiger partial charge is 0.308 e. The molecule has 24 heavy (non-hydrogen) atoms. The summed E-state index contributed by atoms with van der Waals surface area (Å²) in [7, 11) is 1.50. The zero-order chi connectivity index (χ0) is 17.5. The highest BCUT2D eigenvalue weighted by molar-refractivity contribution is 5.92. The van der Waals surface area contributed by atoms with Gasteiger partial charge in [0, 0.05) is 19.7 Å². The predicted molar refractivity (Wildman–Crippen MR) is 85.6 cm³/mol. The minimum Gasteiger partial charge on any atom is -0.481 e. The van der Waals surface area contributed by atoms with Gasteiger partial charge >= 0.3 is 5.97 Å². The first-order chi connectivity index (χ1) is 11.5. The van der Waals surface area contributed by atoms with Crippen LogP contribution in [0.15, 0.2) is 34.9 Å². The van der Waals surface area contributed by atoms with Gasteiger partial charge in [-0.15, -0.1) is 0 Å². The fraction of sp³-hybridized carbons (Fsp3) is 0.353. The molecule has 0 aliphatic carbocycles. The maximum Gasteiger partial charge on any atom is 0.308 e. The van der Waals surface area contributed by atoms with Gasteiger partial charge in [-0.1, -0.05) is 35.0 Å². The molecule has 0 aliphatic heterocycles. The van der Waals surface area contributed by atoms with Gasteiger partial charge in [-0.2, -0.15) is 0 Å². The number of hydrogen-bond acceptors (Lipinski definition) is 5. The molecule has 2 aromatic rings. The first-order valence-electron chi connectivity index (χ1n) is 7.50. The Labute approximate surface area is 139 Å². The van der Waals surface area contributed by atoms with Crippen LogP contribution in [0.3, 0.4) is 0 Å². The van der Waals surface area contributed by atoms with E-state index in [1.54, 1.807) is 0 Å². The summed E-state index contributed by atoms with van der Waals surface area (Å²) in [4.78, 5) is 23.5. The van der Waals surface area contributed by atoms with Crippen molar-refractivity contribution in [3.8, 4) is 0 Å². The molecule has 0 saturated heterocycles. The second-order valence-electron chi connectivity index (χ2n) is 5.55. The zero-order valence-corrected chi connectivity index (χ0v) is 13.6. The SMILES string of the molecule is COCc1cc(C(=O)NCC(Cc2cccc(C)c2)C(=O)O)no1. The van der Waals surface area contributed by atoms with Crippen LogP contribution in [0.4, 0.5) is 0 Å². The van der Waals surface area contributed by atoms with E-state index in [9.17, 15) is 14.7 Å². The molecule has 7 heteroatoms. The number of nitrogens with one attached hydrogen (secondary N) is 1. The molecule has 0 spiro atoms. The first-order valence-corrected chi connectivity index (χ1v) is 7.50. The van der Waals surface area contributed by atoms with Gasteiger partial charge in [0.15, 0.2) is 11.5 Å². The van der Waals surface area contributed by atoms with Gasteiger partial charge in [-0.3, -0.25) is 9.59 Å². The number of aliphatic carboxylic acids is 1. The van der Waals surface area contributed by atoms with Gasteiger partial charge in [-0.25, -0.2) is 0 Å². The fourth-order valence-electron chi connectivity index (χ4n) is 2.31. The number of carbonyl (C=O) groups excluding carboxylic acids is 1. The van der Waals surface area contributed by atoms with Gasteiger partial charge in [0.05, 0.1) is 5.92 Å². The van der Waals surface area contributed by atoms with Crippen molar-refractivity contribution in [1.82, 2.24) is 10.5 Å². The Morgan fingerprint density at radius 2 is 2.17 bits per heavy atom. The maximum atomic E-state index is 12.0. The van der Waals surface area contributed by atoms with Crippen LogP contribution in [0.5, 0.6) is 0 Å². The number of rotatable bonds is 8. The van der Waals surface area contributed by atoms with Crippen LogP contribution in [-0.2, 0) is 22.6 Å². The Morgan fingerprint density at radius 1 is 1.38 bits per heavy atom. The molecular weight excluding hydrogens is 312 g/mol. The highest BCUT2D eigenvalue weighted by Crippen LogP contribution is 2.11. The summed E-state index contributed by atoms with van der Waals surface area (Å²) >= 11 is 0. The minimum absolute atomic E-state index is 0.00851. The van der Waals surface area contributed by atoms with Gasteiger partial charge in [0.2, 0.25) is 0 Å². The van der Waals surface area contributed by atoms with Crippen LogP contribution in [0.2, 0.25) is 0 Å². The summed E-state index contributed by atoms with van der Waals surface area (Å²) in [5, 5.41) is 15.6. The lowest BCUT2D eigenvalue weighted by Gasteiger charge is -2.13. The highest BCUT2D eigenvalue weighted by Gasteiger charge is 2.20. The molecule has 128 valence electrons. The van der Waals surface area contributed by atoms with Crippen LogP contribution in [0, 0.1) is 12.8 Å². The summed E-state index contributed by atoms with van der Waals surface area (Å²) in [5.41, 5.74) is 2.08. The molecule has 1 unspecified atom stereocenters. The van der Waals surface area contributed by atoms with E-state index in [0.717, 1.165) is 11.1 Å². The largest absolute Gasteiger partial charge is 0.481 e. The van der Waals surface area contributed by atoms with Crippen LogP contribution < -0.4 is 5.32 Å². The monoisotopic (exact) mass is 332 g/mol. The molecule has 0 saturated carbocycles. The Bertz CT molecular complexity index is 711. The van der Waals surface area contributed by atoms with E-state index in [-0.39, 0.29) is 18.8 Å². The molecule has 1 atom stereocenters. The molecule has 0 radical (unpaired) electrons. The van der Waals surface area contributed by atoms with Crippen LogP contribution >= 0.6 is 0 Å². The molecule has 1 aromatic carbocycles. The van der Waals surface area contributed by atoms with Crippen molar-refractivity contribution in [3.05, 3.63) is 52.9 Å². The number of carbonyl (C=O) groups is 2. The average Bonchev–Trinajstić information content (AvgIpc) is 3.00. The number of nitrogens with zero attached hydrogens (tertiary/aromatic N) is 1. The number of methoxy groups -OCH3 is 1. The number of hydrogen-bond donors (Lipinski definition) is 2. The van der Waals surface area contributed by atoms with Gasteiger partial charge in [0.25, 0.3) is 5.91 Å². The molecule has 2 rings (SSSR count). The third-order valence-corrected chi connectivity index (χ3v) is 3.50. The Hall–Kier alpha value is -2.67. The van der Waals surface area contributed by atoms with Crippen molar-refractivity contribution < 1.29 is 24.0 Å². The van der Waals surface area contributed by atoms with Crippen molar-refractivity contribution in [3.63, 3.8) is 0 Å². The number of aromatic nitrogens is 1. The van der Waals surface area contributed by atoms with Crippen LogP contribution in [0.25, 0.3) is 0 Å². The second kappa shape index (κ2) is 8.26. The van der Waals surface area contributed by atoms with E-state index >= 15 is 0 Å². The number of aryl methyl sites for hydroxylation is 1. The van der Waals surface area contributed by atoms with Crippen LogP contribution in [0.1, 0.15) is 27.4 Å². The fourth-order valence-corrected chi connectivity index (χ4v) is 2.31. The maximum absolute atomic E-state index is 12.0. The van der Waals surface area contributed by atoms with Crippen molar-refractivity contribution in [2.75, 3.05) is 13.7 Å². The Kier molecular flexibility index (Phi) is 6.08. The number of carboxylic acids is 1. The summed E-state index contributed by atoms with van der Waals surface area (Å²) < 4.78 is 9.82. The average molecular weight is 332 g/mol. The standard InChI is InChI=1S/C17H20N2O5/c1-11-4-3-5-12(6-11)7-13(17(21)22)9-18-16(20)15-8-14(10-23-2)24-19-15/h3-6,8,13H,7,9-10H2,1-2H3,(H,18,20)(H,21,22). The summed E-state index contributed by atoms with van der Waals surface area (Å²) in [6.07, 6.45) is 0.338. The highest BCUT2D eigenvalue weighted by atomic mass is 16.5. The summed E-state index contributed by atoms with van der Waals surface area (Å²) in [5.74, 6) is -1.73. The minimum atomic E-state index is -0.961. The van der Waals surface area contributed by atoms with E-state index in [1.165, 1.54) is 13.2 Å². The van der Waals surface area contributed by atoms with Crippen molar-refractivity contribution in [1.29, 1.82) is 0 Å². The number of amides is 1. The van der Waals surface area contributed by atoms with Crippen molar-refractivity contribution in [2.45, 2.75) is 20.0 Å². The van der Waals surface area contributed by atoms with Crippen molar-refractivity contribution in [2.24, 2.45) is 5.92 Å². The molecule has 1 heterocycles. The van der Waals surface area contributed by atoms with E-state index in [4.69, 9.17) is 9.26 Å². The Balaban J connectivity index is 1.95. The Morgan fingerprint density at radius 3 is 2.83 bits per heavy atom. The molecule has 1 amide bonds. The van der Waals surface area contributed by atoms with E-state index in [2.05, 4.69) is 10.5 Å². The first kappa shape index (κ1) is 17.7. The molecule has 7 nitrogen and oxygen atoms in total. The molecule has 0 bridgehead atoms. The molecular formula is C17H20N2O5. The van der Waals surface area contributed by atoms with Crippen LogP contribution in [-0.4, -0.2) is 35.8 Å². The summed E-state index contributed by atoms with van der Waals surface area (Å²) in [6, 6.07) is 9.11. The van der Waals surface area contributed by atoms with Crippen molar-refractivity contribution >= 4 is 11.9 Å². The van der Waals surface area contributed by atoms with E-state index in [1.807, 2.05) is 31.2 Å². The third-order valence-electron chi connectivity index (χ3n) is 3.50. The molecule has 0 aliphatic rings. The van der Waals surface area contributed by atoms with Gasteiger partial charge < -0.3 is 19.7 Å². The van der Waals surface area contributed by atoms with Gasteiger partial charge in [-0.05, 0) is 18.9 Å². The zero-order valence-electron chi connectivity index (χ0n) is 13.6. The quantitative estimate of drug-likeness (QED) is 0.764. The topological polar surface area (TPSA) is 102 Å². The lowest BCUT2D eigenvalue weighted by molar-refractivity contribution is -0.141. The normalized spacial score (nSPS) is 11.9. The molecule has 1 aromatic heterocycles. The predicted octanol–water partition coefficient (Wildman–Crippen LogP) is 1.80. The number of carboxylic acid groups (broad SMARTS) is 1.